The fourth-order valence-corrected chi connectivity index (χ4v) is 5.44. The first-order chi connectivity index (χ1) is 18.5. The fourth-order valence-electron chi connectivity index (χ4n) is 5.44. The third-order valence-electron chi connectivity index (χ3n) is 7.34. The van der Waals surface area contributed by atoms with Crippen LogP contribution < -0.4 is 10.6 Å². The fraction of sp³-hybridized carbons (Fsp3) is 0.133. The summed E-state index contributed by atoms with van der Waals surface area (Å²) in [7, 11) is 0. The van der Waals surface area contributed by atoms with Crippen LogP contribution in [0.2, 0.25) is 0 Å². The Bertz CT molecular complexity index is 1790. The van der Waals surface area contributed by atoms with Crippen LogP contribution in [0.4, 0.5) is 11.5 Å². The molecule has 38 heavy (non-hydrogen) atoms. The van der Waals surface area contributed by atoms with E-state index in [-0.39, 0.29) is 18.2 Å². The summed E-state index contributed by atoms with van der Waals surface area (Å²) in [5.41, 5.74) is 4.79. The Balaban J connectivity index is 1.26. The van der Waals surface area contributed by atoms with Crippen molar-refractivity contribution in [1.82, 2.24) is 19.6 Å². The number of amides is 3. The zero-order valence-electron chi connectivity index (χ0n) is 20.3. The minimum Gasteiger partial charge on any atom is -0.339 e. The van der Waals surface area contributed by atoms with Gasteiger partial charge < -0.3 is 10.2 Å². The maximum absolute atomic E-state index is 13.2. The highest BCUT2D eigenvalue weighted by atomic mass is 16.2. The second-order valence-corrected chi connectivity index (χ2v) is 9.70. The van der Waals surface area contributed by atoms with Gasteiger partial charge in [-0.05, 0) is 59.2 Å². The van der Waals surface area contributed by atoms with Crippen molar-refractivity contribution in [2.24, 2.45) is 0 Å². The van der Waals surface area contributed by atoms with E-state index in [0.29, 0.717) is 18.5 Å². The van der Waals surface area contributed by atoms with Gasteiger partial charge in [-0.15, -0.1) is 0 Å². The number of hydrogen-bond acceptors (Lipinski definition) is 5. The average molecular weight is 502 g/mol. The van der Waals surface area contributed by atoms with Crippen molar-refractivity contribution in [1.29, 1.82) is 0 Å². The SMILES string of the molecule is O=C1CCC(N2Cc3cc(-c4nc5ccccn5c4Nc4ccc5ccccc5c4)ccc3C2=O)C(=O)N1. The highest BCUT2D eigenvalue weighted by Gasteiger charge is 2.39. The molecule has 4 heterocycles. The Morgan fingerprint density at radius 1 is 0.895 bits per heavy atom. The zero-order valence-corrected chi connectivity index (χ0v) is 20.3. The summed E-state index contributed by atoms with van der Waals surface area (Å²) in [6.07, 6.45) is 2.53. The predicted molar refractivity (Wildman–Crippen MR) is 144 cm³/mol. The highest BCUT2D eigenvalue weighted by molar-refractivity contribution is 6.05. The molecule has 8 nitrogen and oxygen atoms in total. The number of anilines is 2. The Labute approximate surface area is 217 Å². The van der Waals surface area contributed by atoms with Crippen molar-refractivity contribution in [2.45, 2.75) is 25.4 Å². The normalized spacial score (nSPS) is 17.2. The van der Waals surface area contributed by atoms with Crippen molar-refractivity contribution in [3.05, 3.63) is 96.2 Å². The quantitative estimate of drug-likeness (QED) is 0.349. The molecule has 2 aromatic heterocycles. The lowest BCUT2D eigenvalue weighted by Crippen LogP contribution is -2.52. The molecule has 3 aromatic carbocycles. The average Bonchev–Trinajstić information content (AvgIpc) is 3.46. The number of imidazole rings is 1. The van der Waals surface area contributed by atoms with Gasteiger partial charge in [0, 0.05) is 36.0 Å². The van der Waals surface area contributed by atoms with Gasteiger partial charge in [-0.25, -0.2) is 4.98 Å². The van der Waals surface area contributed by atoms with E-state index in [9.17, 15) is 14.4 Å². The van der Waals surface area contributed by atoms with Gasteiger partial charge in [0.2, 0.25) is 11.8 Å². The lowest BCUT2D eigenvalue weighted by atomic mass is 10.0. The summed E-state index contributed by atoms with van der Waals surface area (Å²) in [6, 6.07) is 25.4. The number of piperidine rings is 1. The van der Waals surface area contributed by atoms with Crippen molar-refractivity contribution in [3.63, 3.8) is 0 Å². The number of pyridine rings is 1. The van der Waals surface area contributed by atoms with Crippen LogP contribution in [0.5, 0.6) is 0 Å². The number of fused-ring (bicyclic) bond motifs is 3. The van der Waals surface area contributed by atoms with Gasteiger partial charge >= 0.3 is 0 Å². The first-order valence-corrected chi connectivity index (χ1v) is 12.6. The molecule has 3 amide bonds. The van der Waals surface area contributed by atoms with Gasteiger partial charge in [-0.2, -0.15) is 0 Å². The van der Waals surface area contributed by atoms with Crippen molar-refractivity contribution in [3.8, 4) is 11.3 Å². The molecule has 2 aliphatic rings. The van der Waals surface area contributed by atoms with Gasteiger partial charge in [-0.1, -0.05) is 42.5 Å². The third kappa shape index (κ3) is 3.61. The van der Waals surface area contributed by atoms with Crippen LogP contribution in [0.15, 0.2) is 85.1 Å². The maximum atomic E-state index is 13.2. The lowest BCUT2D eigenvalue weighted by Gasteiger charge is -2.29. The molecule has 8 heteroatoms. The van der Waals surface area contributed by atoms with Gasteiger partial charge in [-0.3, -0.25) is 24.1 Å². The molecule has 1 saturated heterocycles. The first-order valence-electron chi connectivity index (χ1n) is 12.6. The predicted octanol–water partition coefficient (Wildman–Crippen LogP) is 4.66. The van der Waals surface area contributed by atoms with E-state index in [4.69, 9.17) is 4.98 Å². The number of carbonyl (C=O) groups excluding carboxylic acids is 3. The van der Waals surface area contributed by atoms with Gasteiger partial charge in [0.05, 0.1) is 0 Å². The molecule has 1 fully saturated rings. The van der Waals surface area contributed by atoms with Crippen LogP contribution in [-0.4, -0.2) is 38.0 Å². The van der Waals surface area contributed by atoms with E-state index in [1.54, 1.807) is 4.90 Å². The molecule has 2 N–H and O–H groups in total. The second-order valence-electron chi connectivity index (χ2n) is 9.70. The van der Waals surface area contributed by atoms with E-state index < -0.39 is 11.9 Å². The van der Waals surface area contributed by atoms with Crippen LogP contribution in [-0.2, 0) is 16.1 Å². The Morgan fingerprint density at radius 3 is 2.61 bits per heavy atom. The van der Waals surface area contributed by atoms with E-state index in [1.165, 1.54) is 5.39 Å². The summed E-state index contributed by atoms with van der Waals surface area (Å²) in [4.78, 5) is 43.7. The molecule has 0 spiro atoms. The number of imide groups is 1. The zero-order chi connectivity index (χ0) is 25.8. The maximum Gasteiger partial charge on any atom is 0.255 e. The number of hydrogen-bond donors (Lipinski definition) is 2. The molecule has 1 atom stereocenters. The molecular formula is C30H23N5O3. The number of rotatable bonds is 4. The molecule has 0 bridgehead atoms. The third-order valence-corrected chi connectivity index (χ3v) is 7.34. The van der Waals surface area contributed by atoms with E-state index >= 15 is 0 Å². The van der Waals surface area contributed by atoms with Gasteiger partial charge in [0.25, 0.3) is 5.91 Å². The van der Waals surface area contributed by atoms with Gasteiger partial charge in [0.1, 0.15) is 23.2 Å². The number of aromatic nitrogens is 2. The largest absolute Gasteiger partial charge is 0.339 e. The summed E-state index contributed by atoms with van der Waals surface area (Å²) >= 11 is 0. The Morgan fingerprint density at radius 2 is 1.74 bits per heavy atom. The number of carbonyl (C=O) groups is 3. The summed E-state index contributed by atoms with van der Waals surface area (Å²) < 4.78 is 2.01. The van der Waals surface area contributed by atoms with E-state index in [1.807, 2.05) is 65.2 Å². The van der Waals surface area contributed by atoms with Crippen LogP contribution in [0.25, 0.3) is 27.7 Å². The second kappa shape index (κ2) is 8.55. The minimum absolute atomic E-state index is 0.189. The molecule has 5 aromatic rings. The van der Waals surface area contributed by atoms with E-state index in [2.05, 4.69) is 34.9 Å². The monoisotopic (exact) mass is 501 g/mol. The minimum atomic E-state index is -0.642. The molecule has 7 rings (SSSR count). The molecular weight excluding hydrogens is 478 g/mol. The highest BCUT2D eigenvalue weighted by Crippen LogP contribution is 2.35. The molecule has 0 aliphatic carbocycles. The van der Waals surface area contributed by atoms with E-state index in [0.717, 1.165) is 39.4 Å². The molecule has 0 saturated carbocycles. The lowest BCUT2D eigenvalue weighted by molar-refractivity contribution is -0.136. The first kappa shape index (κ1) is 22.2. The Kier molecular flexibility index (Phi) is 5.00. The van der Waals surface area contributed by atoms with Crippen LogP contribution in [0.3, 0.4) is 0 Å². The molecule has 2 aliphatic heterocycles. The number of nitrogens with zero attached hydrogens (tertiary/aromatic N) is 3. The van der Waals surface area contributed by atoms with Crippen LogP contribution >= 0.6 is 0 Å². The number of nitrogens with one attached hydrogen (secondary N) is 2. The summed E-state index contributed by atoms with van der Waals surface area (Å²) in [5.74, 6) is -0.0754. The van der Waals surface area contributed by atoms with Crippen molar-refractivity contribution < 1.29 is 14.4 Å². The molecule has 1 unspecified atom stereocenters. The van der Waals surface area contributed by atoms with Crippen molar-refractivity contribution >= 4 is 45.6 Å². The van der Waals surface area contributed by atoms with Gasteiger partial charge in [0.15, 0.2) is 0 Å². The van der Waals surface area contributed by atoms with Crippen LogP contribution in [0, 0.1) is 0 Å². The summed E-state index contributed by atoms with van der Waals surface area (Å²) in [5, 5.41) is 8.23. The number of benzene rings is 3. The molecule has 186 valence electrons. The standard InChI is InChI=1S/C30H23N5O3/c36-26-13-12-24(29(37)33-26)35-17-21-15-20(9-11-23(21)30(35)38)27-28(34-14-4-3-7-25(34)32-27)31-22-10-8-18-5-1-2-6-19(18)16-22/h1-11,14-16,24,31H,12-13,17H2,(H,33,36,37). The smallest absolute Gasteiger partial charge is 0.255 e. The van der Waals surface area contributed by atoms with Crippen molar-refractivity contribution in [2.75, 3.05) is 5.32 Å². The molecule has 0 radical (unpaired) electrons. The van der Waals surface area contributed by atoms with Crippen LogP contribution in [0.1, 0.15) is 28.8 Å². The summed E-state index contributed by atoms with van der Waals surface area (Å²) in [6.45, 7) is 0.315. The topological polar surface area (TPSA) is 95.8 Å². The Hall–Kier alpha value is -4.98.